The molecule has 0 radical (unpaired) electrons. The van der Waals surface area contributed by atoms with Crippen molar-refractivity contribution in [2.75, 3.05) is 0 Å². The largest absolute Gasteiger partial charge is 0.390 e. The van der Waals surface area contributed by atoms with E-state index in [9.17, 15) is 10.2 Å². The molecule has 0 aliphatic carbocycles. The molecule has 0 aromatic heterocycles. The molecule has 0 fully saturated rings. The van der Waals surface area contributed by atoms with Gasteiger partial charge < -0.3 is 10.2 Å². The van der Waals surface area contributed by atoms with Crippen molar-refractivity contribution in [1.29, 1.82) is 0 Å². The molecule has 0 spiro atoms. The first kappa shape index (κ1) is 12.2. The molecule has 3 unspecified atom stereocenters. The summed E-state index contributed by atoms with van der Waals surface area (Å²) in [5, 5.41) is 22.3. The van der Waals surface area contributed by atoms with Crippen LogP contribution in [-0.4, -0.2) is 28.5 Å². The summed E-state index contributed by atoms with van der Waals surface area (Å²) in [5.41, 5.74) is 8.23. The highest BCUT2D eigenvalue weighted by Gasteiger charge is 2.23. The molecule has 0 heterocycles. The second kappa shape index (κ2) is 6.71. The van der Waals surface area contributed by atoms with Crippen LogP contribution in [-0.2, 0) is 0 Å². The Morgan fingerprint density at radius 3 is 2.38 bits per heavy atom. The molecular weight excluding hydrogens is 170 g/mol. The van der Waals surface area contributed by atoms with Gasteiger partial charge in [0.2, 0.25) is 0 Å². The van der Waals surface area contributed by atoms with Gasteiger partial charge in [0.15, 0.2) is 0 Å². The highest BCUT2D eigenvalue weighted by Crippen LogP contribution is 2.12. The predicted octanol–water partition coefficient (Wildman–Crippen LogP) is 1.60. The molecular formula is C8H17N3O2. The molecule has 5 nitrogen and oxygen atoms in total. The maximum Gasteiger partial charge on any atom is 0.0883 e. The fourth-order valence-electron chi connectivity index (χ4n) is 1.16. The zero-order valence-corrected chi connectivity index (χ0v) is 8.09. The van der Waals surface area contributed by atoms with E-state index in [1.54, 1.807) is 6.92 Å². The lowest BCUT2D eigenvalue weighted by molar-refractivity contribution is 0.000891. The lowest BCUT2D eigenvalue weighted by atomic mass is 10.0. The van der Waals surface area contributed by atoms with Crippen LogP contribution in [0.3, 0.4) is 0 Å². The summed E-state index contributed by atoms with van der Waals surface area (Å²) >= 11 is 0. The number of rotatable bonds is 6. The number of hydrogen-bond acceptors (Lipinski definition) is 3. The fraction of sp³-hybridized carbons (Fsp3) is 1.00. The minimum Gasteiger partial charge on any atom is -0.390 e. The Kier molecular flexibility index (Phi) is 6.32. The molecule has 0 aromatic carbocycles. The van der Waals surface area contributed by atoms with E-state index in [2.05, 4.69) is 10.0 Å². The molecule has 0 rings (SSSR count). The normalized spacial score (nSPS) is 17.2. The first-order valence-electron chi connectivity index (χ1n) is 4.57. The lowest BCUT2D eigenvalue weighted by Crippen LogP contribution is -2.35. The van der Waals surface area contributed by atoms with Gasteiger partial charge in [-0.1, -0.05) is 25.4 Å². The van der Waals surface area contributed by atoms with E-state index in [1.807, 2.05) is 6.92 Å². The van der Waals surface area contributed by atoms with Crippen molar-refractivity contribution in [2.45, 2.75) is 51.4 Å². The van der Waals surface area contributed by atoms with E-state index < -0.39 is 18.2 Å². The Balaban J connectivity index is 4.25. The van der Waals surface area contributed by atoms with Gasteiger partial charge >= 0.3 is 0 Å². The number of aliphatic hydroxyl groups is 2. The van der Waals surface area contributed by atoms with Crippen LogP contribution in [0, 0.1) is 0 Å². The van der Waals surface area contributed by atoms with E-state index in [-0.39, 0.29) is 0 Å². The summed E-state index contributed by atoms with van der Waals surface area (Å²) in [4.78, 5) is 2.65. The third-order valence-corrected chi connectivity index (χ3v) is 1.99. The SMILES string of the molecule is CCCC(N=[N+]=[N-])C(O)C(O)CC. The van der Waals surface area contributed by atoms with Gasteiger partial charge in [0.1, 0.15) is 0 Å². The van der Waals surface area contributed by atoms with Crippen LogP contribution >= 0.6 is 0 Å². The smallest absolute Gasteiger partial charge is 0.0883 e. The van der Waals surface area contributed by atoms with Gasteiger partial charge in [0, 0.05) is 4.91 Å². The molecule has 0 bridgehead atoms. The molecule has 2 N–H and O–H groups in total. The quantitative estimate of drug-likeness (QED) is 0.375. The topological polar surface area (TPSA) is 89.2 Å². The second-order valence-electron chi connectivity index (χ2n) is 3.03. The maximum absolute atomic E-state index is 9.52. The summed E-state index contributed by atoms with van der Waals surface area (Å²) in [6, 6.07) is -0.509. The third-order valence-electron chi connectivity index (χ3n) is 1.99. The van der Waals surface area contributed by atoms with Gasteiger partial charge in [0.05, 0.1) is 18.2 Å². The van der Waals surface area contributed by atoms with E-state index in [1.165, 1.54) is 0 Å². The van der Waals surface area contributed by atoms with Gasteiger partial charge in [-0.25, -0.2) is 0 Å². The monoisotopic (exact) mass is 187 g/mol. The average molecular weight is 187 g/mol. The van der Waals surface area contributed by atoms with Crippen molar-refractivity contribution in [2.24, 2.45) is 5.11 Å². The fourth-order valence-corrected chi connectivity index (χ4v) is 1.16. The van der Waals surface area contributed by atoms with Gasteiger partial charge in [0.25, 0.3) is 0 Å². The number of azide groups is 1. The van der Waals surface area contributed by atoms with E-state index in [4.69, 9.17) is 5.53 Å². The zero-order valence-electron chi connectivity index (χ0n) is 8.09. The highest BCUT2D eigenvalue weighted by molar-refractivity contribution is 4.80. The van der Waals surface area contributed by atoms with Crippen molar-refractivity contribution >= 4 is 0 Å². The zero-order chi connectivity index (χ0) is 10.3. The first-order valence-corrected chi connectivity index (χ1v) is 4.57. The summed E-state index contributed by atoms with van der Waals surface area (Å²) in [6.45, 7) is 3.71. The summed E-state index contributed by atoms with van der Waals surface area (Å²) in [6.07, 6.45) is 0.129. The van der Waals surface area contributed by atoms with Crippen LogP contribution < -0.4 is 0 Å². The minimum atomic E-state index is -0.944. The summed E-state index contributed by atoms with van der Waals surface area (Å²) in [5.74, 6) is 0. The Hall–Kier alpha value is -0.770. The Morgan fingerprint density at radius 2 is 2.00 bits per heavy atom. The summed E-state index contributed by atoms with van der Waals surface area (Å²) in [7, 11) is 0. The average Bonchev–Trinajstić information content (AvgIpc) is 2.15. The maximum atomic E-state index is 9.52. The van der Waals surface area contributed by atoms with Crippen molar-refractivity contribution < 1.29 is 10.2 Å². The molecule has 0 saturated heterocycles. The standard InChI is InChI=1S/C8H17N3O2/c1-3-5-6(10-11-9)8(13)7(12)4-2/h6-8,12-13H,3-5H2,1-2H3. The molecule has 0 saturated carbocycles. The lowest BCUT2D eigenvalue weighted by Gasteiger charge is -2.21. The van der Waals surface area contributed by atoms with Crippen LogP contribution in [0.4, 0.5) is 0 Å². The summed E-state index contributed by atoms with van der Waals surface area (Å²) < 4.78 is 0. The molecule has 13 heavy (non-hydrogen) atoms. The van der Waals surface area contributed by atoms with Crippen LogP contribution in [0.5, 0.6) is 0 Å². The highest BCUT2D eigenvalue weighted by atomic mass is 16.3. The molecule has 0 amide bonds. The van der Waals surface area contributed by atoms with E-state index >= 15 is 0 Å². The molecule has 76 valence electrons. The Labute approximate surface area is 78.0 Å². The van der Waals surface area contributed by atoms with Gasteiger partial charge in [-0.2, -0.15) is 0 Å². The van der Waals surface area contributed by atoms with Gasteiger partial charge in [-0.15, -0.1) is 0 Å². The molecule has 3 atom stereocenters. The number of hydrogen-bond donors (Lipinski definition) is 2. The number of aliphatic hydroxyl groups excluding tert-OH is 2. The van der Waals surface area contributed by atoms with Crippen LogP contribution in [0.25, 0.3) is 10.4 Å². The van der Waals surface area contributed by atoms with Crippen LogP contribution in [0.1, 0.15) is 33.1 Å². The first-order chi connectivity index (χ1) is 6.17. The van der Waals surface area contributed by atoms with Crippen molar-refractivity contribution in [3.8, 4) is 0 Å². The Morgan fingerprint density at radius 1 is 1.38 bits per heavy atom. The predicted molar refractivity (Wildman–Crippen MR) is 50.1 cm³/mol. The van der Waals surface area contributed by atoms with Gasteiger partial charge in [-0.3, -0.25) is 0 Å². The second-order valence-corrected chi connectivity index (χ2v) is 3.03. The minimum absolute atomic E-state index is 0.461. The van der Waals surface area contributed by atoms with Crippen LogP contribution in [0.15, 0.2) is 5.11 Å². The van der Waals surface area contributed by atoms with Crippen molar-refractivity contribution in [3.05, 3.63) is 10.4 Å². The van der Waals surface area contributed by atoms with E-state index in [0.29, 0.717) is 12.8 Å². The molecule has 0 aliphatic rings. The van der Waals surface area contributed by atoms with Crippen molar-refractivity contribution in [1.82, 2.24) is 0 Å². The number of nitrogens with zero attached hydrogens (tertiary/aromatic N) is 3. The molecule has 0 aromatic rings. The Bertz CT molecular complexity index is 180. The third kappa shape index (κ3) is 4.12. The van der Waals surface area contributed by atoms with E-state index in [0.717, 1.165) is 6.42 Å². The van der Waals surface area contributed by atoms with Gasteiger partial charge in [-0.05, 0) is 18.4 Å². The van der Waals surface area contributed by atoms with Crippen LogP contribution in [0.2, 0.25) is 0 Å². The molecule has 5 heteroatoms. The van der Waals surface area contributed by atoms with Crippen molar-refractivity contribution in [3.63, 3.8) is 0 Å². The molecule has 0 aliphatic heterocycles.